The van der Waals surface area contributed by atoms with Crippen molar-refractivity contribution in [1.29, 1.82) is 0 Å². The summed E-state index contributed by atoms with van der Waals surface area (Å²) in [6, 6.07) is 5.03. The molecule has 0 spiro atoms. The molecule has 0 aliphatic rings. The molecule has 1 unspecified atom stereocenters. The number of hydrogen-bond acceptors (Lipinski definition) is 3. The standard InChI is InChI=1S/C16H19N5O2/c1-3-11(14-17-7-8-18-14)19-15(22)10-5-6-12-13(9-10)21(4-2)16(23)20-12/h5-9,11H,3-4H2,1-2H3,(H,17,18)(H,19,22)(H,20,23). The monoisotopic (exact) mass is 313 g/mol. The average molecular weight is 313 g/mol. The molecule has 7 nitrogen and oxygen atoms in total. The largest absolute Gasteiger partial charge is 0.347 e. The number of amides is 1. The summed E-state index contributed by atoms with van der Waals surface area (Å²) in [6.07, 6.45) is 4.12. The summed E-state index contributed by atoms with van der Waals surface area (Å²) >= 11 is 0. The molecule has 0 saturated heterocycles. The van der Waals surface area contributed by atoms with Gasteiger partial charge in [-0.1, -0.05) is 6.92 Å². The van der Waals surface area contributed by atoms with Crippen LogP contribution in [-0.2, 0) is 6.54 Å². The van der Waals surface area contributed by atoms with Crippen molar-refractivity contribution in [2.24, 2.45) is 0 Å². The van der Waals surface area contributed by atoms with Crippen molar-refractivity contribution in [1.82, 2.24) is 24.8 Å². The second-order valence-electron chi connectivity index (χ2n) is 5.32. The minimum Gasteiger partial charge on any atom is -0.347 e. The van der Waals surface area contributed by atoms with Gasteiger partial charge in [-0.2, -0.15) is 0 Å². The number of aromatic nitrogens is 4. The minimum atomic E-state index is -0.188. The van der Waals surface area contributed by atoms with Crippen LogP contribution in [-0.4, -0.2) is 25.4 Å². The van der Waals surface area contributed by atoms with Crippen LogP contribution in [0.15, 0.2) is 35.4 Å². The van der Waals surface area contributed by atoms with E-state index in [4.69, 9.17) is 0 Å². The maximum atomic E-state index is 12.5. The minimum absolute atomic E-state index is 0.165. The Balaban J connectivity index is 1.90. The van der Waals surface area contributed by atoms with Gasteiger partial charge in [-0.3, -0.25) is 9.36 Å². The van der Waals surface area contributed by atoms with E-state index in [0.29, 0.717) is 12.1 Å². The van der Waals surface area contributed by atoms with Crippen LogP contribution in [0.1, 0.15) is 42.5 Å². The van der Waals surface area contributed by atoms with Crippen molar-refractivity contribution in [3.63, 3.8) is 0 Å². The number of aryl methyl sites for hydroxylation is 1. The molecule has 2 aromatic heterocycles. The van der Waals surface area contributed by atoms with E-state index in [-0.39, 0.29) is 17.6 Å². The lowest BCUT2D eigenvalue weighted by atomic mass is 10.1. The van der Waals surface area contributed by atoms with Crippen LogP contribution in [0.2, 0.25) is 0 Å². The van der Waals surface area contributed by atoms with E-state index in [1.165, 1.54) is 0 Å². The number of nitrogens with zero attached hydrogens (tertiary/aromatic N) is 2. The molecule has 3 aromatic rings. The fourth-order valence-electron chi connectivity index (χ4n) is 2.68. The van der Waals surface area contributed by atoms with Crippen molar-refractivity contribution in [3.05, 3.63) is 52.5 Å². The summed E-state index contributed by atoms with van der Waals surface area (Å²) in [5.41, 5.74) is 1.81. The van der Waals surface area contributed by atoms with Crippen molar-refractivity contribution in [2.45, 2.75) is 32.9 Å². The van der Waals surface area contributed by atoms with Crippen LogP contribution >= 0.6 is 0 Å². The van der Waals surface area contributed by atoms with Gasteiger partial charge in [0, 0.05) is 24.5 Å². The normalized spacial score (nSPS) is 12.4. The lowest BCUT2D eigenvalue weighted by molar-refractivity contribution is 0.0934. The Morgan fingerprint density at radius 2 is 2.22 bits per heavy atom. The highest BCUT2D eigenvalue weighted by Gasteiger charge is 2.17. The summed E-state index contributed by atoms with van der Waals surface area (Å²) in [7, 11) is 0. The highest BCUT2D eigenvalue weighted by atomic mass is 16.2. The third-order valence-electron chi connectivity index (χ3n) is 3.92. The first-order chi connectivity index (χ1) is 11.1. The van der Waals surface area contributed by atoms with Crippen LogP contribution < -0.4 is 11.0 Å². The molecule has 1 amide bonds. The molecule has 0 radical (unpaired) electrons. The highest BCUT2D eigenvalue weighted by molar-refractivity contribution is 5.97. The molecular weight excluding hydrogens is 294 g/mol. The molecule has 3 rings (SSSR count). The molecular formula is C16H19N5O2. The maximum Gasteiger partial charge on any atom is 0.326 e. The molecule has 0 aliphatic heterocycles. The fourth-order valence-corrected chi connectivity index (χ4v) is 2.68. The van der Waals surface area contributed by atoms with Crippen molar-refractivity contribution >= 4 is 16.9 Å². The molecule has 0 aliphatic carbocycles. The number of H-pyrrole nitrogens is 2. The van der Waals surface area contributed by atoms with E-state index < -0.39 is 0 Å². The van der Waals surface area contributed by atoms with Gasteiger partial charge in [0.25, 0.3) is 5.91 Å². The van der Waals surface area contributed by atoms with Crippen LogP contribution in [0.4, 0.5) is 0 Å². The molecule has 1 atom stereocenters. The predicted molar refractivity (Wildman–Crippen MR) is 87.3 cm³/mol. The van der Waals surface area contributed by atoms with Crippen LogP contribution in [0, 0.1) is 0 Å². The van der Waals surface area contributed by atoms with Gasteiger partial charge in [0.15, 0.2) is 0 Å². The second kappa shape index (κ2) is 6.12. The average Bonchev–Trinajstić information content (AvgIpc) is 3.18. The zero-order chi connectivity index (χ0) is 16.4. The summed E-state index contributed by atoms with van der Waals surface area (Å²) in [5, 5.41) is 2.96. The van der Waals surface area contributed by atoms with Crippen molar-refractivity contribution in [2.75, 3.05) is 0 Å². The number of rotatable bonds is 5. The summed E-state index contributed by atoms with van der Waals surface area (Å²) in [4.78, 5) is 34.3. The summed E-state index contributed by atoms with van der Waals surface area (Å²) < 4.78 is 1.61. The van der Waals surface area contributed by atoms with Crippen molar-refractivity contribution < 1.29 is 4.79 Å². The Kier molecular flexibility index (Phi) is 4.01. The van der Waals surface area contributed by atoms with Gasteiger partial charge in [-0.05, 0) is 31.5 Å². The molecule has 7 heteroatoms. The first-order valence-corrected chi connectivity index (χ1v) is 7.66. The van der Waals surface area contributed by atoms with Gasteiger partial charge in [-0.25, -0.2) is 9.78 Å². The van der Waals surface area contributed by atoms with Gasteiger partial charge in [0.2, 0.25) is 0 Å². The highest BCUT2D eigenvalue weighted by Crippen LogP contribution is 2.16. The number of carbonyl (C=O) groups excluding carboxylic acids is 1. The Morgan fingerprint density at radius 1 is 1.39 bits per heavy atom. The number of aromatic amines is 2. The van der Waals surface area contributed by atoms with E-state index in [0.717, 1.165) is 23.3 Å². The van der Waals surface area contributed by atoms with E-state index in [1.807, 2.05) is 13.8 Å². The smallest absolute Gasteiger partial charge is 0.326 e. The number of carbonyl (C=O) groups is 1. The van der Waals surface area contributed by atoms with Gasteiger partial charge in [0.1, 0.15) is 5.82 Å². The van der Waals surface area contributed by atoms with Crippen molar-refractivity contribution in [3.8, 4) is 0 Å². The Morgan fingerprint density at radius 3 is 2.87 bits per heavy atom. The molecule has 0 saturated carbocycles. The lowest BCUT2D eigenvalue weighted by Crippen LogP contribution is -2.28. The summed E-state index contributed by atoms with van der Waals surface area (Å²) in [6.45, 7) is 4.43. The number of benzene rings is 1. The lowest BCUT2D eigenvalue weighted by Gasteiger charge is -2.14. The van der Waals surface area contributed by atoms with Gasteiger partial charge in [0.05, 0.1) is 17.1 Å². The zero-order valence-electron chi connectivity index (χ0n) is 13.1. The van der Waals surface area contributed by atoms with E-state index in [9.17, 15) is 9.59 Å². The molecule has 3 N–H and O–H groups in total. The fraction of sp³-hybridized carbons (Fsp3) is 0.312. The third kappa shape index (κ3) is 2.77. The number of nitrogens with one attached hydrogen (secondary N) is 3. The molecule has 1 aromatic carbocycles. The molecule has 23 heavy (non-hydrogen) atoms. The third-order valence-corrected chi connectivity index (χ3v) is 3.92. The predicted octanol–water partition coefficient (Wildman–Crippen LogP) is 1.95. The van der Waals surface area contributed by atoms with E-state index >= 15 is 0 Å². The SMILES string of the molecule is CCC(NC(=O)c1ccc2[nH]c(=O)n(CC)c2c1)c1ncc[nH]1. The summed E-state index contributed by atoms with van der Waals surface area (Å²) in [5.74, 6) is 0.542. The van der Waals surface area contributed by atoms with E-state index in [2.05, 4.69) is 20.3 Å². The molecule has 2 heterocycles. The van der Waals surface area contributed by atoms with Gasteiger partial charge in [-0.15, -0.1) is 0 Å². The first kappa shape index (κ1) is 15.1. The Bertz CT molecular complexity index is 876. The van der Waals surface area contributed by atoms with Crippen LogP contribution in [0.5, 0.6) is 0 Å². The van der Waals surface area contributed by atoms with Gasteiger partial charge < -0.3 is 15.3 Å². The quantitative estimate of drug-likeness (QED) is 0.672. The molecule has 0 bridgehead atoms. The van der Waals surface area contributed by atoms with Crippen LogP contribution in [0.25, 0.3) is 11.0 Å². The van der Waals surface area contributed by atoms with E-state index in [1.54, 1.807) is 35.2 Å². The zero-order valence-corrected chi connectivity index (χ0v) is 13.1. The molecule has 0 fully saturated rings. The molecule has 120 valence electrons. The Hall–Kier alpha value is -2.83. The van der Waals surface area contributed by atoms with Gasteiger partial charge >= 0.3 is 5.69 Å². The number of imidazole rings is 2. The Labute approximate surface area is 132 Å². The number of fused-ring (bicyclic) bond motifs is 1. The number of hydrogen-bond donors (Lipinski definition) is 3. The topological polar surface area (TPSA) is 95.6 Å². The first-order valence-electron chi connectivity index (χ1n) is 7.66. The van der Waals surface area contributed by atoms with Crippen LogP contribution in [0.3, 0.4) is 0 Å². The second-order valence-corrected chi connectivity index (χ2v) is 5.32. The maximum absolute atomic E-state index is 12.5.